The van der Waals surface area contributed by atoms with Crippen molar-refractivity contribution in [1.29, 1.82) is 0 Å². The van der Waals surface area contributed by atoms with E-state index in [0.717, 1.165) is 15.4 Å². The molecule has 55 heavy (non-hydrogen) atoms. The number of hydrogen-bond acceptors (Lipinski definition) is 13. The Morgan fingerprint density at radius 2 is 1.29 bits per heavy atom. The van der Waals surface area contributed by atoms with Gasteiger partial charge in [0.15, 0.2) is 16.8 Å². The maximum Gasteiger partial charge on any atom is 0.323 e. The lowest BCUT2D eigenvalue weighted by atomic mass is 10.1. The van der Waals surface area contributed by atoms with Gasteiger partial charge in [-0.3, -0.25) is 28.8 Å². The van der Waals surface area contributed by atoms with Crippen molar-refractivity contribution < 1.29 is 63.4 Å². The number of benzene rings is 4. The molecule has 0 aromatic heterocycles. The van der Waals surface area contributed by atoms with Crippen LogP contribution in [0.1, 0.15) is 21.5 Å². The number of phenolic OH excluding ortho intramolecular Hbond substituents is 1. The molecule has 1 amide bonds. The Morgan fingerprint density at radius 1 is 0.727 bits per heavy atom. The predicted octanol–water partition coefficient (Wildman–Crippen LogP) is 2.65. The van der Waals surface area contributed by atoms with Gasteiger partial charge < -0.3 is 54.5 Å². The first-order valence-corrected chi connectivity index (χ1v) is 16.4. The number of rotatable bonds is 18. The predicted molar refractivity (Wildman–Crippen MR) is 193 cm³/mol. The van der Waals surface area contributed by atoms with Crippen molar-refractivity contribution in [3.63, 3.8) is 0 Å². The molecule has 0 fully saturated rings. The highest BCUT2D eigenvalue weighted by atomic mass is 16.5. The molecule has 2 aliphatic rings. The number of aromatic hydroxyl groups is 1. The molecule has 6 N–H and O–H groups in total. The molecular weight excluding hydrogens is 724 g/mol. The molecule has 3 aromatic rings. The third-order valence-corrected chi connectivity index (χ3v) is 7.90. The van der Waals surface area contributed by atoms with Crippen LogP contribution < -0.4 is 30.0 Å². The van der Waals surface area contributed by atoms with Crippen LogP contribution in [0.15, 0.2) is 75.9 Å². The zero-order chi connectivity index (χ0) is 39.8. The minimum Gasteiger partial charge on any atom is -0.507 e. The van der Waals surface area contributed by atoms with Crippen molar-refractivity contribution in [1.82, 2.24) is 10.3 Å². The van der Waals surface area contributed by atoms with Crippen molar-refractivity contribution >= 4 is 52.3 Å². The van der Waals surface area contributed by atoms with Crippen molar-refractivity contribution in [2.45, 2.75) is 13.5 Å². The number of nitrogens with zero attached hydrogens (tertiary/aromatic N) is 3. The zero-order valence-corrected chi connectivity index (χ0v) is 29.1. The monoisotopic (exact) mass is 758 g/mol. The number of hydrogen-bond donors (Lipinski definition) is 6. The molecule has 1 aliphatic heterocycles. The van der Waals surface area contributed by atoms with E-state index in [-0.39, 0.29) is 70.5 Å². The number of aromatic nitrogens is 1. The molecule has 0 bridgehead atoms. The molecule has 5 rings (SSSR count). The summed E-state index contributed by atoms with van der Waals surface area (Å²) in [5.41, 5.74) is 1.36. The number of ether oxygens (including phenoxy) is 2. The first-order chi connectivity index (χ1) is 26.2. The number of nitrogens with one attached hydrogen (secondary N) is 1. The summed E-state index contributed by atoms with van der Waals surface area (Å²) >= 11 is 0. The molecular formula is C37H34N4O14. The second kappa shape index (κ2) is 17.0. The van der Waals surface area contributed by atoms with Gasteiger partial charge in [-0.15, -0.1) is 0 Å². The van der Waals surface area contributed by atoms with Gasteiger partial charge in [-0.2, -0.15) is 0 Å². The molecule has 1 aliphatic carbocycles. The summed E-state index contributed by atoms with van der Waals surface area (Å²) < 4.78 is 17.7. The largest absolute Gasteiger partial charge is 0.507 e. The van der Waals surface area contributed by atoms with Gasteiger partial charge in [0.25, 0.3) is 5.91 Å². The Morgan fingerprint density at radius 3 is 1.87 bits per heavy atom. The molecule has 18 heteroatoms. The fourth-order valence-corrected chi connectivity index (χ4v) is 5.60. The van der Waals surface area contributed by atoms with E-state index in [1.54, 1.807) is 19.1 Å². The maximum absolute atomic E-state index is 13.4. The summed E-state index contributed by atoms with van der Waals surface area (Å²) in [6.45, 7) is -1.45. The summed E-state index contributed by atoms with van der Waals surface area (Å²) in [6.07, 6.45) is 0. The SMILES string of the molecule is Cc1ccc(N(CC(=O)O)CC(=O)O)c(OCCOc2cc(CNC(=O)c3c(O)ccc4nc5ccc(=O)cc-5oc34)ccc2N(CC(=O)O)CC(=O)O)c1. The lowest BCUT2D eigenvalue weighted by Crippen LogP contribution is -2.35. The molecule has 0 radical (unpaired) electrons. The van der Waals surface area contributed by atoms with Crippen LogP contribution in [0.5, 0.6) is 17.2 Å². The molecule has 0 saturated carbocycles. The van der Waals surface area contributed by atoms with E-state index in [2.05, 4.69) is 10.3 Å². The Bertz CT molecular complexity index is 2270. The number of phenols is 1. The van der Waals surface area contributed by atoms with Crippen LogP contribution in [0.25, 0.3) is 22.6 Å². The van der Waals surface area contributed by atoms with Crippen LogP contribution in [0.4, 0.5) is 11.4 Å². The fourth-order valence-electron chi connectivity index (χ4n) is 5.60. The smallest absolute Gasteiger partial charge is 0.323 e. The summed E-state index contributed by atoms with van der Waals surface area (Å²) in [5, 5.41) is 51.0. The second-order valence-electron chi connectivity index (χ2n) is 12.1. The second-order valence-corrected chi connectivity index (χ2v) is 12.1. The number of fused-ring (bicyclic) bond motifs is 2. The van der Waals surface area contributed by atoms with Crippen molar-refractivity contribution in [2.24, 2.45) is 0 Å². The van der Waals surface area contributed by atoms with Gasteiger partial charge in [-0.05, 0) is 66.6 Å². The van der Waals surface area contributed by atoms with Gasteiger partial charge in [0.05, 0.1) is 11.4 Å². The number of carboxylic acid groups (broad SMARTS) is 4. The Hall–Kier alpha value is -7.37. The number of amides is 1. The number of aryl methyl sites for hydroxylation is 1. The first-order valence-electron chi connectivity index (χ1n) is 16.4. The lowest BCUT2D eigenvalue weighted by molar-refractivity contribution is -0.138. The Balaban J connectivity index is 1.39. The van der Waals surface area contributed by atoms with Gasteiger partial charge in [-0.25, -0.2) is 4.98 Å². The standard InChI is InChI=1S/C37H34N4O14/c1-20-2-7-25(40(16-31(44)45)17-32(46)47)29(12-20)53-10-11-54-30-13-21(3-8-26(30)41(18-33(48)49)19-34(50)51)15-38-37(52)35-27(43)9-6-24-36(35)55-28-14-22(42)4-5-23(28)39-24/h2-9,12-14,43H,10-11,15-19H2,1H3,(H,38,52)(H,44,45)(H,46,47)(H,48,49)(H,50,51). The third kappa shape index (κ3) is 9.95. The topological polar surface area (TPSA) is 267 Å². The molecule has 0 spiro atoms. The average molecular weight is 759 g/mol. The highest BCUT2D eigenvalue weighted by molar-refractivity contribution is 6.06. The summed E-state index contributed by atoms with van der Waals surface area (Å²) in [5.74, 6) is -6.06. The van der Waals surface area contributed by atoms with Crippen molar-refractivity contribution in [3.05, 3.63) is 93.6 Å². The van der Waals surface area contributed by atoms with Crippen LogP contribution in [0.3, 0.4) is 0 Å². The fraction of sp³-hybridized carbons (Fsp3) is 0.216. The van der Waals surface area contributed by atoms with Gasteiger partial charge in [-0.1, -0.05) is 12.1 Å². The molecule has 18 nitrogen and oxygen atoms in total. The molecule has 1 heterocycles. The number of carbonyl (C=O) groups excluding carboxylic acids is 1. The number of carboxylic acids is 4. The van der Waals surface area contributed by atoms with Gasteiger partial charge in [0, 0.05) is 12.6 Å². The number of aliphatic carboxylic acids is 4. The van der Waals surface area contributed by atoms with Crippen molar-refractivity contribution in [2.75, 3.05) is 49.2 Å². The van der Waals surface area contributed by atoms with Crippen LogP contribution in [-0.2, 0) is 25.7 Å². The quantitative estimate of drug-likeness (QED) is 0.0554. The average Bonchev–Trinajstić information content (AvgIpc) is 3.10. The summed E-state index contributed by atoms with van der Waals surface area (Å²) in [6, 6.07) is 15.8. The summed E-state index contributed by atoms with van der Waals surface area (Å²) in [4.78, 5) is 78.2. The lowest BCUT2D eigenvalue weighted by Gasteiger charge is -2.25. The van der Waals surface area contributed by atoms with E-state index >= 15 is 0 Å². The van der Waals surface area contributed by atoms with Gasteiger partial charge in [0.1, 0.15) is 73.4 Å². The van der Waals surface area contributed by atoms with Crippen LogP contribution >= 0.6 is 0 Å². The van der Waals surface area contributed by atoms with E-state index in [4.69, 9.17) is 13.9 Å². The maximum atomic E-state index is 13.4. The Kier molecular flexibility index (Phi) is 12.0. The molecule has 0 saturated heterocycles. The Labute approximate surface area is 310 Å². The number of carbonyl (C=O) groups is 5. The van der Waals surface area contributed by atoms with E-state index in [1.807, 2.05) is 0 Å². The minimum atomic E-state index is -1.32. The van der Waals surface area contributed by atoms with E-state index < -0.39 is 61.7 Å². The third-order valence-electron chi connectivity index (χ3n) is 7.90. The molecule has 0 atom stereocenters. The molecule has 3 aromatic carbocycles. The van der Waals surface area contributed by atoms with Crippen molar-refractivity contribution in [3.8, 4) is 28.7 Å². The van der Waals surface area contributed by atoms with E-state index in [9.17, 15) is 54.3 Å². The molecule has 286 valence electrons. The van der Waals surface area contributed by atoms with Crippen LogP contribution in [0, 0.1) is 6.92 Å². The van der Waals surface area contributed by atoms with E-state index in [1.165, 1.54) is 54.6 Å². The van der Waals surface area contributed by atoms with Gasteiger partial charge >= 0.3 is 23.9 Å². The van der Waals surface area contributed by atoms with Crippen LogP contribution in [-0.4, -0.2) is 99.7 Å². The summed E-state index contributed by atoms with van der Waals surface area (Å²) in [7, 11) is 0. The van der Waals surface area contributed by atoms with Crippen LogP contribution in [0.2, 0.25) is 0 Å². The van der Waals surface area contributed by atoms with Gasteiger partial charge in [0.2, 0.25) is 0 Å². The normalized spacial score (nSPS) is 10.9. The van der Waals surface area contributed by atoms with E-state index in [0.29, 0.717) is 11.3 Å². The highest BCUT2D eigenvalue weighted by Crippen LogP contribution is 2.33. The molecule has 0 unspecified atom stereocenters. The minimum absolute atomic E-state index is 0.0211. The highest BCUT2D eigenvalue weighted by Gasteiger charge is 2.23. The first kappa shape index (κ1) is 38.9. The number of anilines is 2. The zero-order valence-electron chi connectivity index (χ0n) is 29.1.